The van der Waals surface area contributed by atoms with Crippen LogP contribution >= 0.6 is 15.9 Å². The Kier molecular flexibility index (Phi) is 3.21. The molecular formula is C10H9BrN2O3S. The molecule has 7 heteroatoms. The van der Waals surface area contributed by atoms with Gasteiger partial charge in [-0.25, -0.2) is 4.98 Å². The van der Waals surface area contributed by atoms with Gasteiger partial charge in [0.05, 0.1) is 0 Å². The van der Waals surface area contributed by atoms with Gasteiger partial charge in [-0.15, -0.1) is 0 Å². The summed E-state index contributed by atoms with van der Waals surface area (Å²) in [6, 6.07) is 6.25. The Balaban J connectivity index is 2.29. The van der Waals surface area contributed by atoms with Gasteiger partial charge in [0.1, 0.15) is 11.6 Å². The van der Waals surface area contributed by atoms with Crippen molar-refractivity contribution in [3.05, 3.63) is 40.7 Å². The first-order chi connectivity index (χ1) is 7.97. The molecular weight excluding hydrogens is 308 g/mol. The Morgan fingerprint density at radius 2 is 2.12 bits per heavy atom. The molecule has 0 radical (unpaired) electrons. The van der Waals surface area contributed by atoms with Gasteiger partial charge in [-0.05, 0) is 31.2 Å². The first-order valence-corrected chi connectivity index (χ1v) is 6.96. The van der Waals surface area contributed by atoms with Crippen LogP contribution in [0.4, 0.5) is 5.82 Å². The highest BCUT2D eigenvalue weighted by molar-refractivity contribution is 9.10. The lowest BCUT2D eigenvalue weighted by atomic mass is 10.5. The third-order valence-electron chi connectivity index (χ3n) is 1.94. The summed E-state index contributed by atoms with van der Waals surface area (Å²) in [5, 5.41) is -0.128. The van der Waals surface area contributed by atoms with Crippen LogP contribution in [0.5, 0.6) is 0 Å². The molecule has 0 spiro atoms. The molecule has 5 nitrogen and oxygen atoms in total. The zero-order chi connectivity index (χ0) is 12.5. The minimum Gasteiger partial charge on any atom is -0.448 e. The summed E-state index contributed by atoms with van der Waals surface area (Å²) >= 11 is 3.23. The fourth-order valence-corrected chi connectivity index (χ4v) is 2.52. The van der Waals surface area contributed by atoms with E-state index in [1.807, 2.05) is 0 Å². The van der Waals surface area contributed by atoms with E-state index in [9.17, 15) is 8.42 Å². The van der Waals surface area contributed by atoms with Crippen molar-refractivity contribution in [2.75, 3.05) is 4.72 Å². The SMILES string of the molecule is Cc1ccc(S(=O)(=O)Nc2cc(Br)ccn2)o1. The number of sulfonamides is 1. The molecule has 90 valence electrons. The Hall–Kier alpha value is -1.34. The Bertz CT molecular complexity index is 637. The first kappa shape index (κ1) is 12.1. The van der Waals surface area contributed by atoms with E-state index in [4.69, 9.17) is 4.42 Å². The van der Waals surface area contributed by atoms with E-state index in [1.54, 1.807) is 25.1 Å². The van der Waals surface area contributed by atoms with E-state index < -0.39 is 10.0 Å². The Morgan fingerprint density at radius 3 is 2.71 bits per heavy atom. The van der Waals surface area contributed by atoms with Crippen molar-refractivity contribution in [2.45, 2.75) is 12.0 Å². The monoisotopic (exact) mass is 316 g/mol. The van der Waals surface area contributed by atoms with E-state index in [1.165, 1.54) is 12.3 Å². The third-order valence-corrected chi connectivity index (χ3v) is 3.66. The van der Waals surface area contributed by atoms with E-state index in [-0.39, 0.29) is 10.9 Å². The minimum absolute atomic E-state index is 0.128. The van der Waals surface area contributed by atoms with Crippen LogP contribution < -0.4 is 4.72 Å². The molecule has 0 bridgehead atoms. The average Bonchev–Trinajstić information content (AvgIpc) is 2.65. The fourth-order valence-electron chi connectivity index (χ4n) is 1.21. The minimum atomic E-state index is -3.71. The highest BCUT2D eigenvalue weighted by Gasteiger charge is 2.18. The van der Waals surface area contributed by atoms with E-state index >= 15 is 0 Å². The molecule has 0 amide bonds. The van der Waals surface area contributed by atoms with Gasteiger partial charge in [0.2, 0.25) is 5.09 Å². The number of aryl methyl sites for hydroxylation is 1. The van der Waals surface area contributed by atoms with Crippen LogP contribution in [0.3, 0.4) is 0 Å². The molecule has 17 heavy (non-hydrogen) atoms. The van der Waals surface area contributed by atoms with Crippen molar-refractivity contribution in [3.8, 4) is 0 Å². The normalized spacial score (nSPS) is 11.4. The molecule has 0 saturated heterocycles. The summed E-state index contributed by atoms with van der Waals surface area (Å²) in [6.07, 6.45) is 1.50. The molecule has 2 rings (SSSR count). The quantitative estimate of drug-likeness (QED) is 0.944. The van der Waals surface area contributed by atoms with Gasteiger partial charge in [0, 0.05) is 10.7 Å². The summed E-state index contributed by atoms with van der Waals surface area (Å²) in [4.78, 5) is 3.90. The second kappa shape index (κ2) is 4.50. The van der Waals surface area contributed by atoms with Crippen molar-refractivity contribution < 1.29 is 12.8 Å². The van der Waals surface area contributed by atoms with E-state index in [2.05, 4.69) is 25.6 Å². The highest BCUT2D eigenvalue weighted by atomic mass is 79.9. The molecule has 0 aromatic carbocycles. The van der Waals surface area contributed by atoms with Gasteiger partial charge < -0.3 is 4.42 Å². The largest absolute Gasteiger partial charge is 0.448 e. The van der Waals surface area contributed by atoms with Crippen LogP contribution in [0.25, 0.3) is 0 Å². The number of rotatable bonds is 3. The number of anilines is 1. The molecule has 1 N–H and O–H groups in total. The number of aromatic nitrogens is 1. The molecule has 0 saturated carbocycles. The molecule has 0 aliphatic carbocycles. The zero-order valence-electron chi connectivity index (χ0n) is 8.84. The Labute approximate surface area is 107 Å². The van der Waals surface area contributed by atoms with Crippen LogP contribution in [0.1, 0.15) is 5.76 Å². The summed E-state index contributed by atoms with van der Waals surface area (Å²) < 4.78 is 31.9. The van der Waals surface area contributed by atoms with E-state index in [0.717, 1.165) is 4.47 Å². The standard InChI is InChI=1S/C10H9BrN2O3S/c1-7-2-3-10(16-7)17(14,15)13-9-6-8(11)4-5-12-9/h2-6H,1H3,(H,12,13). The van der Waals surface area contributed by atoms with Crippen LogP contribution in [0, 0.1) is 6.92 Å². The molecule has 0 aliphatic heterocycles. The van der Waals surface area contributed by atoms with Crippen molar-refractivity contribution in [3.63, 3.8) is 0 Å². The van der Waals surface area contributed by atoms with Gasteiger partial charge in [0.25, 0.3) is 10.0 Å². The average molecular weight is 317 g/mol. The maximum atomic E-state index is 11.9. The lowest BCUT2D eigenvalue weighted by Crippen LogP contribution is -2.13. The maximum Gasteiger partial charge on any atom is 0.296 e. The first-order valence-electron chi connectivity index (χ1n) is 4.68. The number of halogens is 1. The summed E-state index contributed by atoms with van der Waals surface area (Å²) in [5.41, 5.74) is 0. The number of hydrogen-bond acceptors (Lipinski definition) is 4. The summed E-state index contributed by atoms with van der Waals surface area (Å²) in [7, 11) is -3.71. The predicted octanol–water partition coefficient (Wildman–Crippen LogP) is 2.55. The summed E-state index contributed by atoms with van der Waals surface area (Å²) in [6.45, 7) is 1.68. The molecule has 2 aromatic rings. The molecule has 2 aromatic heterocycles. The number of hydrogen-bond donors (Lipinski definition) is 1. The van der Waals surface area contributed by atoms with Crippen molar-refractivity contribution in [1.82, 2.24) is 4.98 Å². The van der Waals surface area contributed by atoms with Gasteiger partial charge >= 0.3 is 0 Å². The van der Waals surface area contributed by atoms with Gasteiger partial charge in [0.15, 0.2) is 0 Å². The van der Waals surface area contributed by atoms with Crippen LogP contribution in [-0.4, -0.2) is 13.4 Å². The molecule has 0 atom stereocenters. The van der Waals surface area contributed by atoms with Crippen molar-refractivity contribution in [2.24, 2.45) is 0 Å². The second-order valence-corrected chi connectivity index (χ2v) is 5.86. The van der Waals surface area contributed by atoms with Gasteiger partial charge in [-0.2, -0.15) is 8.42 Å². The predicted molar refractivity (Wildman–Crippen MR) is 66.2 cm³/mol. The second-order valence-electron chi connectivity index (χ2n) is 3.33. The van der Waals surface area contributed by atoms with Crippen molar-refractivity contribution >= 4 is 31.8 Å². The molecule has 2 heterocycles. The van der Waals surface area contributed by atoms with Crippen LogP contribution in [-0.2, 0) is 10.0 Å². The lowest BCUT2D eigenvalue weighted by Gasteiger charge is -2.04. The Morgan fingerprint density at radius 1 is 1.35 bits per heavy atom. The lowest BCUT2D eigenvalue weighted by molar-refractivity contribution is 0.430. The number of nitrogens with one attached hydrogen (secondary N) is 1. The van der Waals surface area contributed by atoms with Gasteiger partial charge in [-0.1, -0.05) is 15.9 Å². The molecule has 0 fully saturated rings. The molecule has 0 aliphatic rings. The number of furan rings is 1. The highest BCUT2D eigenvalue weighted by Crippen LogP contribution is 2.18. The number of nitrogens with zero attached hydrogens (tertiary/aromatic N) is 1. The smallest absolute Gasteiger partial charge is 0.296 e. The molecule has 0 unspecified atom stereocenters. The fraction of sp³-hybridized carbons (Fsp3) is 0.100. The van der Waals surface area contributed by atoms with Gasteiger partial charge in [-0.3, -0.25) is 4.72 Å². The topological polar surface area (TPSA) is 72.2 Å². The number of pyridine rings is 1. The van der Waals surface area contributed by atoms with Crippen LogP contribution in [0.15, 0.2) is 44.4 Å². The third kappa shape index (κ3) is 2.86. The van der Waals surface area contributed by atoms with Crippen molar-refractivity contribution in [1.29, 1.82) is 0 Å². The summed E-state index contributed by atoms with van der Waals surface area (Å²) in [5.74, 6) is 0.765. The van der Waals surface area contributed by atoms with Crippen LogP contribution in [0.2, 0.25) is 0 Å². The van der Waals surface area contributed by atoms with E-state index in [0.29, 0.717) is 5.76 Å². The maximum absolute atomic E-state index is 11.9. The zero-order valence-corrected chi connectivity index (χ0v) is 11.2.